The summed E-state index contributed by atoms with van der Waals surface area (Å²) in [5, 5.41) is 21.8. The van der Waals surface area contributed by atoms with Crippen molar-refractivity contribution in [1.82, 2.24) is 30.0 Å². The number of alkyl halides is 3. The lowest BCUT2D eigenvalue weighted by Crippen LogP contribution is -2.59. The van der Waals surface area contributed by atoms with Gasteiger partial charge < -0.3 is 19.6 Å². The molecule has 3 aromatic heterocycles. The highest BCUT2D eigenvalue weighted by Gasteiger charge is 2.46. The van der Waals surface area contributed by atoms with Gasteiger partial charge in [-0.2, -0.15) is 18.3 Å². The molecule has 4 aliphatic rings. The molecule has 3 fully saturated rings. The molecule has 0 radical (unpaired) electrons. The number of aromatic carboxylic acids is 1. The molecule has 15 nitrogen and oxygen atoms in total. The number of nitrogens with one attached hydrogen (secondary N) is 2. The van der Waals surface area contributed by atoms with Gasteiger partial charge in [0.1, 0.15) is 17.6 Å². The number of carboxylic acids is 1. The third-order valence-corrected chi connectivity index (χ3v) is 17.0. The van der Waals surface area contributed by atoms with E-state index in [9.17, 15) is 37.5 Å². The van der Waals surface area contributed by atoms with E-state index in [1.165, 1.54) is 11.3 Å². The molecule has 6 heterocycles. The van der Waals surface area contributed by atoms with Gasteiger partial charge in [-0.3, -0.25) is 34.6 Å². The summed E-state index contributed by atoms with van der Waals surface area (Å²) in [6, 6.07) is 26.6. The average molecular weight is 1070 g/mol. The molecule has 2 saturated heterocycles. The Morgan fingerprint density at radius 1 is 0.870 bits per heavy atom. The number of piperazine rings is 1. The minimum atomic E-state index is -4.40. The van der Waals surface area contributed by atoms with Crippen LogP contribution >= 0.6 is 11.3 Å². The van der Waals surface area contributed by atoms with Crippen LogP contribution in [0.4, 0.5) is 29.8 Å². The van der Waals surface area contributed by atoms with Gasteiger partial charge in [-0.05, 0) is 141 Å². The maximum atomic E-state index is 14.7. The summed E-state index contributed by atoms with van der Waals surface area (Å²) in [6.45, 7) is 3.82. The number of rotatable bonds is 14. The second-order valence-corrected chi connectivity index (χ2v) is 21.9. The predicted octanol–water partition coefficient (Wildman–Crippen LogP) is 10.4. The zero-order chi connectivity index (χ0) is 53.5. The van der Waals surface area contributed by atoms with Crippen molar-refractivity contribution in [2.45, 2.75) is 102 Å². The molecule has 3 N–H and O–H groups in total. The van der Waals surface area contributed by atoms with Gasteiger partial charge in [-0.15, -0.1) is 0 Å². The summed E-state index contributed by atoms with van der Waals surface area (Å²) in [6.07, 6.45) is 2.85. The number of imide groups is 1. The van der Waals surface area contributed by atoms with Gasteiger partial charge in [0.2, 0.25) is 11.8 Å². The van der Waals surface area contributed by atoms with Crippen molar-refractivity contribution in [2.24, 2.45) is 13.0 Å². The molecule has 19 heteroatoms. The number of pyridine rings is 1. The maximum absolute atomic E-state index is 14.7. The predicted molar refractivity (Wildman–Crippen MR) is 290 cm³/mol. The molecule has 77 heavy (non-hydrogen) atoms. The summed E-state index contributed by atoms with van der Waals surface area (Å²) in [5.41, 5.74) is 7.17. The number of carbonyl (C=O) groups is 4. The van der Waals surface area contributed by atoms with Gasteiger partial charge in [0, 0.05) is 68.4 Å². The van der Waals surface area contributed by atoms with Crippen molar-refractivity contribution in [3.05, 3.63) is 125 Å². The molecule has 3 aliphatic heterocycles. The number of carboxylic acid groups (broad SMARTS) is 1. The van der Waals surface area contributed by atoms with Gasteiger partial charge in [0.15, 0.2) is 10.8 Å². The Balaban J connectivity index is 0.671. The Morgan fingerprint density at radius 2 is 1.69 bits per heavy atom. The minimum absolute atomic E-state index is 0.0235. The number of aromatic nitrogens is 4. The van der Waals surface area contributed by atoms with Gasteiger partial charge in [-0.25, -0.2) is 14.8 Å². The molecule has 2 atom stereocenters. The zero-order valence-corrected chi connectivity index (χ0v) is 43.8. The Bertz CT molecular complexity index is 3370. The van der Waals surface area contributed by atoms with E-state index in [-0.39, 0.29) is 49.0 Å². The van der Waals surface area contributed by atoms with Crippen LogP contribution in [0.5, 0.6) is 5.75 Å². The molecule has 7 aromatic rings. The lowest BCUT2D eigenvalue weighted by Gasteiger charge is -2.43. The number of benzene rings is 4. The average Bonchev–Trinajstić information content (AvgIpc) is 4.00. The Hall–Kier alpha value is -7.38. The van der Waals surface area contributed by atoms with Crippen LogP contribution in [0.25, 0.3) is 32.2 Å². The smallest absolute Gasteiger partial charge is 0.405 e. The summed E-state index contributed by atoms with van der Waals surface area (Å²) >= 11 is 1.42. The van der Waals surface area contributed by atoms with Crippen LogP contribution < -0.4 is 25.2 Å². The fraction of sp³-hybridized carbons (Fsp3) is 0.397. The second kappa shape index (κ2) is 21.6. The molecule has 0 spiro atoms. The number of anilines is 3. The van der Waals surface area contributed by atoms with Crippen LogP contribution in [0.2, 0.25) is 0 Å². The number of para-hydroxylation sites is 1. The van der Waals surface area contributed by atoms with Crippen LogP contribution in [0.3, 0.4) is 0 Å². The SMILES string of the molecule is Cc1c(OC2CCC(CCCCN3CCN(c4ccc5c([C@@H]6CCC(=O)NC6=O)nn(C)c5c4)C[C@H]3C(F)(F)F)CC2)cccc1-c1ccc(N2CCc3cccc(C(=O)Nc4nc5ccccc5s4)c3C2)nc1C(=O)O. The van der Waals surface area contributed by atoms with E-state index in [4.69, 9.17) is 9.72 Å². The van der Waals surface area contributed by atoms with Crippen LogP contribution in [0.15, 0.2) is 91.0 Å². The van der Waals surface area contributed by atoms with Crippen molar-refractivity contribution < 1.29 is 42.2 Å². The van der Waals surface area contributed by atoms with Crippen molar-refractivity contribution in [3.63, 3.8) is 0 Å². The Kier molecular flexibility index (Phi) is 14.5. The summed E-state index contributed by atoms with van der Waals surface area (Å²) in [7, 11) is 1.75. The number of thiazole rings is 1. The minimum Gasteiger partial charge on any atom is -0.490 e. The molecule has 0 bridgehead atoms. The first kappa shape index (κ1) is 51.7. The van der Waals surface area contributed by atoms with Crippen LogP contribution in [-0.2, 0) is 29.6 Å². The Labute approximate surface area is 447 Å². The monoisotopic (exact) mass is 1070 g/mol. The van der Waals surface area contributed by atoms with Crippen LogP contribution in [-0.4, -0.2) is 104 Å². The third kappa shape index (κ3) is 10.8. The normalized spacial score (nSPS) is 20.3. The van der Waals surface area contributed by atoms with Gasteiger partial charge in [-0.1, -0.05) is 60.6 Å². The quantitative estimate of drug-likeness (QED) is 0.0696. The standard InChI is InChI=1S/C58H60F3N9O6S/c1-34-39(40-22-24-50(63-53(40)56(74)75)70-28-26-36-10-7-12-41(44(36)32-70)54(72)65-57-62-45-13-3-4-15-48(45)77-57)11-8-14-47(34)76-38-19-16-35(17-20-38)9-5-6-27-68-29-30-69(33-49(68)58(59,60)61)37-18-21-42-46(31-37)67(2)66-52(42)43-23-25-51(71)64-55(43)73/h3-4,7-8,10-15,18,21-22,24,31,35,38,43,49H,5-6,9,16-17,19-20,23,25-30,32-33H2,1-2H3,(H,74,75)(H,62,65,72)(H,64,71,73)/t35?,38?,43-,49-/m0/s1. The highest BCUT2D eigenvalue weighted by atomic mass is 32.1. The number of aryl methyl sites for hydroxylation is 1. The maximum Gasteiger partial charge on any atom is 0.405 e. The molecule has 400 valence electrons. The van der Waals surface area contributed by atoms with E-state index in [1.807, 2.05) is 90.7 Å². The number of carbonyl (C=O) groups excluding carboxylic acids is 3. The number of hydrogen-bond acceptors (Lipinski definition) is 12. The summed E-state index contributed by atoms with van der Waals surface area (Å²) in [5.74, 6) is -1.02. The third-order valence-electron chi connectivity index (χ3n) is 16.1. The van der Waals surface area contributed by atoms with Crippen molar-refractivity contribution in [3.8, 4) is 16.9 Å². The number of nitrogens with zero attached hydrogens (tertiary/aromatic N) is 7. The highest BCUT2D eigenvalue weighted by Crippen LogP contribution is 2.39. The number of amides is 3. The van der Waals surface area contributed by atoms with Crippen molar-refractivity contribution >= 4 is 72.8 Å². The fourth-order valence-corrected chi connectivity index (χ4v) is 12.8. The van der Waals surface area contributed by atoms with Crippen LogP contribution in [0, 0.1) is 12.8 Å². The topological polar surface area (TPSA) is 175 Å². The van der Waals surface area contributed by atoms with E-state index in [2.05, 4.69) is 20.7 Å². The first-order valence-corrected chi connectivity index (χ1v) is 27.4. The van der Waals surface area contributed by atoms with Crippen LogP contribution in [0.1, 0.15) is 107 Å². The molecule has 11 rings (SSSR count). The van der Waals surface area contributed by atoms with E-state index < -0.39 is 24.1 Å². The molecule has 1 aliphatic carbocycles. The number of fused-ring (bicyclic) bond motifs is 3. The molecule has 0 unspecified atom stereocenters. The lowest BCUT2D eigenvalue weighted by atomic mass is 9.84. The van der Waals surface area contributed by atoms with E-state index >= 15 is 0 Å². The summed E-state index contributed by atoms with van der Waals surface area (Å²) < 4.78 is 53.2. The first-order chi connectivity index (χ1) is 37.1. The first-order valence-electron chi connectivity index (χ1n) is 26.5. The number of piperidine rings is 1. The zero-order valence-electron chi connectivity index (χ0n) is 42.9. The lowest BCUT2D eigenvalue weighted by molar-refractivity contribution is -0.184. The number of hydrogen-bond donors (Lipinski definition) is 3. The Morgan fingerprint density at radius 3 is 2.48 bits per heavy atom. The second-order valence-electron chi connectivity index (χ2n) is 20.9. The molecular weight excluding hydrogens is 1010 g/mol. The van der Waals surface area contributed by atoms with Gasteiger partial charge in [0.05, 0.1) is 33.4 Å². The number of ether oxygens (including phenoxy) is 1. The highest BCUT2D eigenvalue weighted by molar-refractivity contribution is 7.22. The molecule has 4 aromatic carbocycles. The van der Waals surface area contributed by atoms with Gasteiger partial charge >= 0.3 is 12.1 Å². The fourth-order valence-electron chi connectivity index (χ4n) is 11.9. The van der Waals surface area contributed by atoms with E-state index in [0.717, 1.165) is 70.8 Å². The molecule has 3 amide bonds. The van der Waals surface area contributed by atoms with Crippen molar-refractivity contribution in [1.29, 1.82) is 0 Å². The number of unbranched alkanes of at least 4 members (excludes halogenated alkanes) is 1. The summed E-state index contributed by atoms with van der Waals surface area (Å²) in [4.78, 5) is 65.6. The van der Waals surface area contributed by atoms with Crippen molar-refractivity contribution in [2.75, 3.05) is 47.8 Å². The molecular formula is C58H60F3N9O6S. The molecule has 1 saturated carbocycles. The van der Waals surface area contributed by atoms with E-state index in [1.54, 1.807) is 33.7 Å². The largest absolute Gasteiger partial charge is 0.490 e. The van der Waals surface area contributed by atoms with E-state index in [0.29, 0.717) is 102 Å². The van der Waals surface area contributed by atoms with Gasteiger partial charge in [0.25, 0.3) is 5.91 Å². The number of halogens is 3.